The molecule has 3 heteroatoms. The molecule has 2 aromatic carbocycles. The molecule has 0 spiro atoms. The summed E-state index contributed by atoms with van der Waals surface area (Å²) in [4.78, 5) is 12.6. The van der Waals surface area contributed by atoms with Crippen molar-refractivity contribution in [1.29, 1.82) is 0 Å². The minimum Gasteiger partial charge on any atom is -0.459 e. The lowest BCUT2D eigenvalue weighted by Crippen LogP contribution is -2.52. The molecule has 0 fully saturated rings. The van der Waals surface area contributed by atoms with Crippen LogP contribution in [0.2, 0.25) is 0 Å². The van der Waals surface area contributed by atoms with Crippen LogP contribution in [0, 0.1) is 17.8 Å². The second-order valence-corrected chi connectivity index (χ2v) is 6.32. The van der Waals surface area contributed by atoms with Crippen molar-refractivity contribution < 1.29 is 9.53 Å². The monoisotopic (exact) mass is 335 g/mol. The Morgan fingerprint density at radius 3 is 2.32 bits per heavy atom. The average Bonchev–Trinajstić information content (AvgIpc) is 2.64. The first kappa shape index (κ1) is 18.8. The lowest BCUT2D eigenvalue weighted by atomic mass is 9.83. The molecule has 2 atom stereocenters. The molecule has 0 aromatic heterocycles. The van der Waals surface area contributed by atoms with Crippen LogP contribution in [-0.2, 0) is 16.1 Å². The van der Waals surface area contributed by atoms with Crippen molar-refractivity contribution in [2.45, 2.75) is 38.8 Å². The third-order valence-electron chi connectivity index (χ3n) is 4.12. The number of carbonyl (C=O) groups excluding carboxylic acids is 1. The van der Waals surface area contributed by atoms with Gasteiger partial charge in [0.25, 0.3) is 0 Å². The first-order valence-corrected chi connectivity index (χ1v) is 8.60. The summed E-state index contributed by atoms with van der Waals surface area (Å²) in [6.45, 7) is 3.99. The average molecular weight is 335 g/mol. The van der Waals surface area contributed by atoms with Gasteiger partial charge < -0.3 is 10.5 Å². The third-order valence-corrected chi connectivity index (χ3v) is 4.12. The molecule has 0 amide bonds. The molecule has 3 nitrogen and oxygen atoms in total. The van der Waals surface area contributed by atoms with E-state index in [1.54, 1.807) is 6.92 Å². The molecule has 0 aliphatic carbocycles. The topological polar surface area (TPSA) is 52.3 Å². The third kappa shape index (κ3) is 5.48. The Balaban J connectivity index is 2.09. The first-order chi connectivity index (χ1) is 12.0. The Bertz CT molecular complexity index is 727. The summed E-state index contributed by atoms with van der Waals surface area (Å²) in [6, 6.07) is 19.3. The van der Waals surface area contributed by atoms with Crippen LogP contribution in [0.3, 0.4) is 0 Å². The van der Waals surface area contributed by atoms with Crippen LogP contribution in [0.15, 0.2) is 60.7 Å². The second kappa shape index (κ2) is 9.05. The molecule has 2 aromatic rings. The molecular formula is C22H25NO2. The second-order valence-electron chi connectivity index (χ2n) is 6.32. The Morgan fingerprint density at radius 1 is 1.12 bits per heavy atom. The zero-order valence-electron chi connectivity index (χ0n) is 14.9. The molecule has 0 unspecified atom stereocenters. The Hall–Kier alpha value is -2.57. The number of nitrogens with two attached hydrogens (primary N) is 1. The van der Waals surface area contributed by atoms with Crippen LogP contribution in [0.4, 0.5) is 0 Å². The first-order valence-electron chi connectivity index (χ1n) is 8.60. The van der Waals surface area contributed by atoms with E-state index in [0.29, 0.717) is 0 Å². The number of carbonyl (C=O) groups is 1. The quantitative estimate of drug-likeness (QED) is 0.643. The van der Waals surface area contributed by atoms with Crippen LogP contribution in [0.5, 0.6) is 0 Å². The van der Waals surface area contributed by atoms with Crippen molar-refractivity contribution in [2.75, 3.05) is 0 Å². The van der Waals surface area contributed by atoms with Crippen molar-refractivity contribution in [3.8, 4) is 11.8 Å². The molecular weight excluding hydrogens is 310 g/mol. The summed E-state index contributed by atoms with van der Waals surface area (Å²) in [5.41, 5.74) is 7.05. The van der Waals surface area contributed by atoms with Crippen LogP contribution in [0.1, 0.15) is 37.8 Å². The Labute approximate surface area is 150 Å². The fraction of sp³-hybridized carbons (Fsp3) is 0.318. The van der Waals surface area contributed by atoms with Crippen molar-refractivity contribution in [3.05, 3.63) is 71.8 Å². The van der Waals surface area contributed by atoms with E-state index in [2.05, 4.69) is 18.8 Å². The fourth-order valence-corrected chi connectivity index (χ4v) is 2.52. The Kier molecular flexibility index (Phi) is 6.80. The van der Waals surface area contributed by atoms with Gasteiger partial charge in [0.15, 0.2) is 0 Å². The van der Waals surface area contributed by atoms with Crippen molar-refractivity contribution >= 4 is 5.97 Å². The SMILES string of the molecule is CCC[C@H](C#Cc1ccccc1)[C@](C)(N)C(=O)OCc1ccccc1. The zero-order chi connectivity index (χ0) is 18.1. The van der Waals surface area contributed by atoms with Crippen molar-refractivity contribution in [2.24, 2.45) is 11.7 Å². The van der Waals surface area contributed by atoms with Crippen molar-refractivity contribution in [1.82, 2.24) is 0 Å². The fourth-order valence-electron chi connectivity index (χ4n) is 2.52. The smallest absolute Gasteiger partial charge is 0.327 e. The number of hydrogen-bond donors (Lipinski definition) is 1. The van der Waals surface area contributed by atoms with Gasteiger partial charge in [0, 0.05) is 11.5 Å². The van der Waals surface area contributed by atoms with E-state index in [1.165, 1.54) is 0 Å². The number of benzene rings is 2. The summed E-state index contributed by atoms with van der Waals surface area (Å²) < 4.78 is 5.44. The van der Waals surface area contributed by atoms with E-state index < -0.39 is 11.5 Å². The number of hydrogen-bond acceptors (Lipinski definition) is 3. The molecule has 2 rings (SSSR count). The van der Waals surface area contributed by atoms with E-state index in [0.717, 1.165) is 24.0 Å². The number of esters is 1. The van der Waals surface area contributed by atoms with Crippen LogP contribution < -0.4 is 5.73 Å². The van der Waals surface area contributed by atoms with E-state index in [-0.39, 0.29) is 12.5 Å². The molecule has 0 radical (unpaired) electrons. The minimum atomic E-state index is -1.15. The normalized spacial score (nSPS) is 13.9. The van der Waals surface area contributed by atoms with Gasteiger partial charge in [0.1, 0.15) is 12.1 Å². The van der Waals surface area contributed by atoms with Crippen molar-refractivity contribution in [3.63, 3.8) is 0 Å². The molecule has 0 saturated heterocycles. The highest BCUT2D eigenvalue weighted by molar-refractivity contribution is 5.81. The van der Waals surface area contributed by atoms with E-state index >= 15 is 0 Å². The maximum atomic E-state index is 12.6. The number of ether oxygens (including phenoxy) is 1. The summed E-state index contributed by atoms with van der Waals surface area (Å²) in [5, 5.41) is 0. The summed E-state index contributed by atoms with van der Waals surface area (Å²) in [6.07, 6.45) is 1.64. The Morgan fingerprint density at radius 2 is 1.72 bits per heavy atom. The highest BCUT2D eigenvalue weighted by Gasteiger charge is 2.37. The molecule has 0 aliphatic rings. The molecule has 0 heterocycles. The van der Waals surface area contributed by atoms with Gasteiger partial charge in [-0.25, -0.2) is 0 Å². The summed E-state index contributed by atoms with van der Waals surface area (Å²) in [5.74, 6) is 5.62. The molecule has 0 aliphatic heterocycles. The van der Waals surface area contributed by atoms with Crippen LogP contribution in [-0.4, -0.2) is 11.5 Å². The van der Waals surface area contributed by atoms with Crippen LogP contribution >= 0.6 is 0 Å². The molecule has 25 heavy (non-hydrogen) atoms. The minimum absolute atomic E-state index is 0.220. The molecule has 130 valence electrons. The van der Waals surface area contributed by atoms with Gasteiger partial charge in [-0.1, -0.05) is 73.7 Å². The standard InChI is InChI=1S/C22H25NO2/c1-3-10-20(16-15-18-11-6-4-7-12-18)22(2,23)21(24)25-17-19-13-8-5-9-14-19/h4-9,11-14,20H,3,10,17,23H2,1-2H3/t20-,22+/m1/s1. The maximum absolute atomic E-state index is 12.6. The van der Waals surface area contributed by atoms with E-state index in [9.17, 15) is 4.79 Å². The largest absolute Gasteiger partial charge is 0.459 e. The van der Waals surface area contributed by atoms with Gasteiger partial charge >= 0.3 is 5.97 Å². The lowest BCUT2D eigenvalue weighted by Gasteiger charge is -2.28. The lowest BCUT2D eigenvalue weighted by molar-refractivity contribution is -0.152. The van der Waals surface area contributed by atoms with Gasteiger partial charge in [-0.05, 0) is 31.0 Å². The predicted octanol–water partition coefficient (Wildman–Crippen LogP) is 3.92. The number of rotatable bonds is 6. The van der Waals surface area contributed by atoms with E-state index in [1.807, 2.05) is 60.7 Å². The van der Waals surface area contributed by atoms with Gasteiger partial charge in [0.2, 0.25) is 0 Å². The molecule has 2 N–H and O–H groups in total. The highest BCUT2D eigenvalue weighted by Crippen LogP contribution is 2.22. The van der Waals surface area contributed by atoms with E-state index in [4.69, 9.17) is 10.5 Å². The maximum Gasteiger partial charge on any atom is 0.327 e. The van der Waals surface area contributed by atoms with Crippen LogP contribution in [0.25, 0.3) is 0 Å². The zero-order valence-corrected chi connectivity index (χ0v) is 14.9. The van der Waals surface area contributed by atoms with Gasteiger partial charge in [-0.3, -0.25) is 4.79 Å². The highest BCUT2D eigenvalue weighted by atomic mass is 16.5. The summed E-state index contributed by atoms with van der Waals surface area (Å²) in [7, 11) is 0. The van der Waals surface area contributed by atoms with Gasteiger partial charge in [-0.2, -0.15) is 0 Å². The predicted molar refractivity (Wildman–Crippen MR) is 101 cm³/mol. The van der Waals surface area contributed by atoms with Gasteiger partial charge in [0.05, 0.1) is 0 Å². The molecule has 0 saturated carbocycles. The van der Waals surface area contributed by atoms with Gasteiger partial charge in [-0.15, -0.1) is 0 Å². The summed E-state index contributed by atoms with van der Waals surface area (Å²) >= 11 is 0. The molecule has 0 bridgehead atoms.